The van der Waals surface area contributed by atoms with Crippen LogP contribution in [0.2, 0.25) is 0 Å². The number of fused-ring (bicyclic) bond motifs is 3. The number of rotatable bonds is 3. The van der Waals surface area contributed by atoms with Crippen molar-refractivity contribution in [1.29, 1.82) is 0 Å². The van der Waals surface area contributed by atoms with Crippen molar-refractivity contribution in [3.63, 3.8) is 0 Å². The first-order valence-electron chi connectivity index (χ1n) is 10.2. The monoisotopic (exact) mass is 375 g/mol. The SMILES string of the molecule is Nc1ccc(N2N=C3c4ccc(C(=O)O)cc4CCC3C2C2CCCC2)cc1. The van der Waals surface area contributed by atoms with Crippen LogP contribution in [0, 0.1) is 11.8 Å². The van der Waals surface area contributed by atoms with Crippen LogP contribution in [0.1, 0.15) is 53.6 Å². The fourth-order valence-corrected chi connectivity index (χ4v) is 5.33. The largest absolute Gasteiger partial charge is 0.478 e. The lowest BCUT2D eigenvalue weighted by Crippen LogP contribution is -2.40. The number of nitrogen functional groups attached to an aromatic ring is 1. The summed E-state index contributed by atoms with van der Waals surface area (Å²) < 4.78 is 0. The molecule has 5 heteroatoms. The number of carbonyl (C=O) groups is 1. The molecule has 3 N–H and O–H groups in total. The van der Waals surface area contributed by atoms with Crippen LogP contribution in [0.25, 0.3) is 0 Å². The maximum absolute atomic E-state index is 11.4. The third kappa shape index (κ3) is 2.77. The van der Waals surface area contributed by atoms with Gasteiger partial charge in [0, 0.05) is 17.2 Å². The molecule has 2 aliphatic carbocycles. The predicted molar refractivity (Wildman–Crippen MR) is 111 cm³/mol. The van der Waals surface area contributed by atoms with Crippen molar-refractivity contribution in [1.82, 2.24) is 0 Å². The molecular formula is C23H25N3O2. The van der Waals surface area contributed by atoms with Crippen molar-refractivity contribution in [2.45, 2.75) is 44.6 Å². The van der Waals surface area contributed by atoms with E-state index >= 15 is 0 Å². The average molecular weight is 375 g/mol. The summed E-state index contributed by atoms with van der Waals surface area (Å²) in [5.41, 5.74) is 11.5. The van der Waals surface area contributed by atoms with Gasteiger partial charge in [0.05, 0.1) is 23.0 Å². The lowest BCUT2D eigenvalue weighted by Gasteiger charge is -2.34. The summed E-state index contributed by atoms with van der Waals surface area (Å²) in [6.45, 7) is 0. The van der Waals surface area contributed by atoms with Crippen molar-refractivity contribution < 1.29 is 9.90 Å². The van der Waals surface area contributed by atoms with E-state index in [1.54, 1.807) is 6.07 Å². The number of carboxylic acids is 1. The Labute approximate surface area is 164 Å². The van der Waals surface area contributed by atoms with Gasteiger partial charge < -0.3 is 10.8 Å². The molecule has 2 unspecified atom stereocenters. The number of carboxylic acid groups (broad SMARTS) is 1. The van der Waals surface area contributed by atoms with Gasteiger partial charge >= 0.3 is 5.97 Å². The number of anilines is 2. The van der Waals surface area contributed by atoms with Gasteiger partial charge in [0.1, 0.15) is 0 Å². The van der Waals surface area contributed by atoms with E-state index in [1.807, 2.05) is 24.3 Å². The van der Waals surface area contributed by atoms with Crippen molar-refractivity contribution in [3.05, 3.63) is 59.2 Å². The van der Waals surface area contributed by atoms with E-state index in [1.165, 1.54) is 25.7 Å². The molecule has 1 heterocycles. The second-order valence-corrected chi connectivity index (χ2v) is 8.28. The number of nitrogens with two attached hydrogens (primary N) is 1. The van der Waals surface area contributed by atoms with Crippen LogP contribution in [0.5, 0.6) is 0 Å². The van der Waals surface area contributed by atoms with Crippen molar-refractivity contribution >= 4 is 23.1 Å². The number of aryl methyl sites for hydroxylation is 1. The maximum Gasteiger partial charge on any atom is 0.335 e. The summed E-state index contributed by atoms with van der Waals surface area (Å²) in [7, 11) is 0. The highest BCUT2D eigenvalue weighted by molar-refractivity contribution is 6.07. The molecule has 5 nitrogen and oxygen atoms in total. The van der Waals surface area contributed by atoms with Crippen LogP contribution < -0.4 is 10.7 Å². The number of benzene rings is 2. The van der Waals surface area contributed by atoms with E-state index < -0.39 is 5.97 Å². The van der Waals surface area contributed by atoms with Crippen LogP contribution in [-0.4, -0.2) is 22.8 Å². The molecule has 2 aromatic carbocycles. The first-order valence-corrected chi connectivity index (χ1v) is 10.2. The summed E-state index contributed by atoms with van der Waals surface area (Å²) in [4.78, 5) is 11.4. The Morgan fingerprint density at radius 1 is 1.07 bits per heavy atom. The second-order valence-electron chi connectivity index (χ2n) is 8.28. The Bertz CT molecular complexity index is 945. The summed E-state index contributed by atoms with van der Waals surface area (Å²) in [5.74, 6) is 0.193. The fraction of sp³-hybridized carbons (Fsp3) is 0.391. The lowest BCUT2D eigenvalue weighted by atomic mass is 9.75. The number of hydrogen-bond acceptors (Lipinski definition) is 4. The molecule has 2 aromatic rings. The lowest BCUT2D eigenvalue weighted by molar-refractivity contribution is 0.0696. The van der Waals surface area contributed by atoms with Gasteiger partial charge in [-0.1, -0.05) is 18.9 Å². The van der Waals surface area contributed by atoms with Crippen LogP contribution in [0.15, 0.2) is 47.6 Å². The Hall–Kier alpha value is -2.82. The third-order valence-corrected chi connectivity index (χ3v) is 6.65. The molecular weight excluding hydrogens is 350 g/mol. The highest BCUT2D eigenvalue weighted by Crippen LogP contribution is 2.44. The van der Waals surface area contributed by atoms with Crippen molar-refractivity contribution in [2.24, 2.45) is 16.9 Å². The number of hydrazone groups is 1. The second kappa shape index (κ2) is 6.66. The van der Waals surface area contributed by atoms with E-state index in [4.69, 9.17) is 10.8 Å². The Morgan fingerprint density at radius 3 is 2.54 bits per heavy atom. The van der Waals surface area contributed by atoms with Crippen LogP contribution in [-0.2, 0) is 6.42 Å². The molecule has 0 amide bonds. The molecule has 0 bridgehead atoms. The first kappa shape index (κ1) is 17.3. The van der Waals surface area contributed by atoms with Crippen LogP contribution in [0.4, 0.5) is 11.4 Å². The van der Waals surface area contributed by atoms with Gasteiger partial charge in [0.2, 0.25) is 0 Å². The highest BCUT2D eigenvalue weighted by Gasteiger charge is 2.45. The molecule has 0 spiro atoms. The van der Waals surface area contributed by atoms with E-state index in [2.05, 4.69) is 17.1 Å². The van der Waals surface area contributed by atoms with Gasteiger partial charge in [0.15, 0.2) is 0 Å². The Morgan fingerprint density at radius 2 is 1.82 bits per heavy atom. The molecule has 0 aromatic heterocycles. The van der Waals surface area contributed by atoms with Gasteiger partial charge in [0.25, 0.3) is 0 Å². The minimum Gasteiger partial charge on any atom is -0.478 e. The Kier molecular flexibility index (Phi) is 4.11. The van der Waals surface area contributed by atoms with Gasteiger partial charge in [-0.3, -0.25) is 5.01 Å². The minimum atomic E-state index is -0.870. The predicted octanol–water partition coefficient (Wildman–Crippen LogP) is 4.31. The quantitative estimate of drug-likeness (QED) is 0.784. The summed E-state index contributed by atoms with van der Waals surface area (Å²) in [6, 6.07) is 13.9. The van der Waals surface area contributed by atoms with Gasteiger partial charge in [-0.25, -0.2) is 4.79 Å². The zero-order valence-corrected chi connectivity index (χ0v) is 15.8. The average Bonchev–Trinajstić information content (AvgIpc) is 3.35. The summed E-state index contributed by atoms with van der Waals surface area (Å²) >= 11 is 0. The van der Waals surface area contributed by atoms with E-state index in [-0.39, 0.29) is 0 Å². The molecule has 2 atom stereocenters. The van der Waals surface area contributed by atoms with Gasteiger partial charge in [-0.05, 0) is 73.6 Å². The molecule has 1 aliphatic heterocycles. The van der Waals surface area contributed by atoms with Gasteiger partial charge in [-0.2, -0.15) is 5.10 Å². The molecule has 1 saturated carbocycles. The number of hydrogen-bond donors (Lipinski definition) is 2. The molecule has 3 aliphatic rings. The first-order chi connectivity index (χ1) is 13.6. The van der Waals surface area contributed by atoms with Crippen LogP contribution in [0.3, 0.4) is 0 Å². The zero-order valence-electron chi connectivity index (χ0n) is 15.8. The molecule has 5 rings (SSSR count). The van der Waals surface area contributed by atoms with E-state index in [0.717, 1.165) is 41.1 Å². The smallest absolute Gasteiger partial charge is 0.335 e. The van der Waals surface area contributed by atoms with Crippen molar-refractivity contribution in [2.75, 3.05) is 10.7 Å². The molecule has 1 fully saturated rings. The number of nitrogens with zero attached hydrogens (tertiary/aromatic N) is 2. The number of aromatic carboxylic acids is 1. The molecule has 0 saturated heterocycles. The minimum absolute atomic E-state index is 0.360. The fourth-order valence-electron chi connectivity index (χ4n) is 5.33. The molecule has 144 valence electrons. The third-order valence-electron chi connectivity index (χ3n) is 6.65. The molecule has 0 radical (unpaired) electrons. The molecule has 28 heavy (non-hydrogen) atoms. The zero-order chi connectivity index (χ0) is 19.3. The van der Waals surface area contributed by atoms with Crippen molar-refractivity contribution in [3.8, 4) is 0 Å². The van der Waals surface area contributed by atoms with E-state index in [0.29, 0.717) is 23.4 Å². The maximum atomic E-state index is 11.4. The van der Waals surface area contributed by atoms with Gasteiger partial charge in [-0.15, -0.1) is 0 Å². The van der Waals surface area contributed by atoms with Crippen LogP contribution >= 0.6 is 0 Å². The summed E-state index contributed by atoms with van der Waals surface area (Å²) in [6.07, 6.45) is 7.08. The summed E-state index contributed by atoms with van der Waals surface area (Å²) in [5, 5.41) is 16.7. The van der Waals surface area contributed by atoms with E-state index in [9.17, 15) is 9.90 Å². The topological polar surface area (TPSA) is 78.9 Å². The Balaban J connectivity index is 1.58. The normalized spacial score (nSPS) is 24.0. The highest BCUT2D eigenvalue weighted by atomic mass is 16.4. The standard InChI is InChI=1S/C23H25N3O2/c24-17-7-9-18(10-8-17)26-22(14-3-1-2-4-14)20-12-5-15-13-16(23(27)28)6-11-19(15)21(20)25-26/h6-11,13-14,20,22H,1-5,12,24H2,(H,27,28).